The molecule has 0 saturated carbocycles. The summed E-state index contributed by atoms with van der Waals surface area (Å²) in [6.45, 7) is 0.654. The zero-order valence-electron chi connectivity index (χ0n) is 15.5. The number of hydrogen-bond donors (Lipinski definition) is 1. The average molecular weight is 412 g/mol. The summed E-state index contributed by atoms with van der Waals surface area (Å²) in [6.07, 6.45) is 1.49. The molecule has 29 heavy (non-hydrogen) atoms. The van der Waals surface area contributed by atoms with Gasteiger partial charge in [0.15, 0.2) is 9.84 Å². The second-order valence-corrected chi connectivity index (χ2v) is 9.10. The summed E-state index contributed by atoms with van der Waals surface area (Å²) in [4.78, 5) is 15.1. The van der Waals surface area contributed by atoms with Gasteiger partial charge in [-0.1, -0.05) is 30.3 Å². The van der Waals surface area contributed by atoms with Crippen LogP contribution in [0.15, 0.2) is 60.9 Å². The minimum Gasteiger partial charge on any atom is -0.324 e. The quantitative estimate of drug-likeness (QED) is 0.667. The molecule has 0 spiro atoms. The monoisotopic (exact) mass is 412 g/mol. The minimum atomic E-state index is -3.03. The molecule has 3 aromatic rings. The Morgan fingerprint density at radius 3 is 2.31 bits per heavy atom. The number of hydrogen-bond acceptors (Lipinski definition) is 7. The summed E-state index contributed by atoms with van der Waals surface area (Å²) < 4.78 is 25.1. The first-order valence-corrected chi connectivity index (χ1v) is 11.0. The van der Waals surface area contributed by atoms with Crippen LogP contribution in [0.3, 0.4) is 0 Å². The predicted octanol–water partition coefficient (Wildman–Crippen LogP) is 1.07. The van der Waals surface area contributed by atoms with E-state index in [0.29, 0.717) is 18.8 Å². The molecule has 0 bridgehead atoms. The van der Waals surface area contributed by atoms with Gasteiger partial charge in [0, 0.05) is 18.8 Å². The highest BCUT2D eigenvalue weighted by atomic mass is 32.2. The number of carbonyl (C=O) groups is 1. The van der Waals surface area contributed by atoms with Crippen LogP contribution in [-0.4, -0.2) is 64.0 Å². The number of aromatic nitrogens is 4. The van der Waals surface area contributed by atoms with Crippen molar-refractivity contribution in [1.29, 1.82) is 0 Å². The maximum Gasteiger partial charge on any atom is 0.246 e. The molecular formula is C19H20N6O3S. The van der Waals surface area contributed by atoms with Crippen molar-refractivity contribution in [3.63, 3.8) is 0 Å². The number of rotatable bonds is 5. The highest BCUT2D eigenvalue weighted by Crippen LogP contribution is 2.25. The molecule has 10 heteroatoms. The molecule has 2 heterocycles. The molecule has 0 radical (unpaired) electrons. The van der Waals surface area contributed by atoms with Crippen LogP contribution >= 0.6 is 0 Å². The van der Waals surface area contributed by atoms with Crippen molar-refractivity contribution in [2.24, 2.45) is 0 Å². The molecule has 1 atom stereocenters. The molecule has 9 nitrogen and oxygen atoms in total. The zero-order valence-corrected chi connectivity index (χ0v) is 16.4. The van der Waals surface area contributed by atoms with Gasteiger partial charge in [-0.15, -0.1) is 5.10 Å². The van der Waals surface area contributed by atoms with Gasteiger partial charge >= 0.3 is 0 Å². The molecule has 1 aromatic heterocycles. The van der Waals surface area contributed by atoms with Gasteiger partial charge in [0.05, 0.1) is 17.2 Å². The summed E-state index contributed by atoms with van der Waals surface area (Å²) in [6, 6.07) is 16.0. The average Bonchev–Trinajstić information content (AvgIpc) is 3.26. The molecule has 1 fully saturated rings. The number of nitrogens with zero attached hydrogens (tertiary/aromatic N) is 5. The Morgan fingerprint density at radius 2 is 1.69 bits per heavy atom. The van der Waals surface area contributed by atoms with Crippen LogP contribution in [-0.2, 0) is 14.6 Å². The maximum atomic E-state index is 13.1. The second kappa shape index (κ2) is 8.10. The standard InChI is InChI=1S/C19H20N6O3S/c26-19(21-16-6-8-17(9-7-16)25-14-20-22-23-25)18(15-4-2-1-3-5-15)24-10-12-29(27,28)13-11-24/h1-9,14,18H,10-13H2,(H,21,26). The van der Waals surface area contributed by atoms with Crippen LogP contribution in [0, 0.1) is 0 Å². The largest absolute Gasteiger partial charge is 0.324 e. The van der Waals surface area contributed by atoms with E-state index in [-0.39, 0.29) is 17.4 Å². The normalized spacial score (nSPS) is 17.5. The Labute approximate surface area is 168 Å². The molecule has 1 unspecified atom stereocenters. The third-order valence-corrected chi connectivity index (χ3v) is 6.47. The summed E-state index contributed by atoms with van der Waals surface area (Å²) in [5.74, 6) is -0.0835. The number of nitrogens with one attached hydrogen (secondary N) is 1. The lowest BCUT2D eigenvalue weighted by molar-refractivity contribution is -0.121. The van der Waals surface area contributed by atoms with Crippen LogP contribution in [0.25, 0.3) is 5.69 Å². The molecule has 2 aromatic carbocycles. The van der Waals surface area contributed by atoms with E-state index >= 15 is 0 Å². The molecule has 1 saturated heterocycles. The zero-order chi connectivity index (χ0) is 20.3. The smallest absolute Gasteiger partial charge is 0.246 e. The third-order valence-electron chi connectivity index (χ3n) is 4.86. The van der Waals surface area contributed by atoms with Crippen molar-refractivity contribution in [3.8, 4) is 5.69 Å². The molecule has 150 valence electrons. The van der Waals surface area contributed by atoms with E-state index in [2.05, 4.69) is 20.8 Å². The summed E-state index contributed by atoms with van der Waals surface area (Å²) in [5, 5.41) is 14.0. The van der Waals surface area contributed by atoms with E-state index in [1.807, 2.05) is 35.2 Å². The van der Waals surface area contributed by atoms with Gasteiger partial charge in [0.25, 0.3) is 0 Å². The molecule has 1 aliphatic heterocycles. The van der Waals surface area contributed by atoms with Crippen molar-refractivity contribution >= 4 is 21.4 Å². The van der Waals surface area contributed by atoms with Crippen LogP contribution in [0.2, 0.25) is 0 Å². The Morgan fingerprint density at radius 1 is 1.00 bits per heavy atom. The van der Waals surface area contributed by atoms with Gasteiger partial charge in [-0.2, -0.15) is 0 Å². The fourth-order valence-corrected chi connectivity index (χ4v) is 4.57. The lowest BCUT2D eigenvalue weighted by Gasteiger charge is -2.33. The SMILES string of the molecule is O=C(Nc1ccc(-n2cnnn2)cc1)C(c1ccccc1)N1CCS(=O)(=O)CC1. The van der Waals surface area contributed by atoms with Crippen molar-refractivity contribution in [3.05, 3.63) is 66.5 Å². The van der Waals surface area contributed by atoms with E-state index in [0.717, 1.165) is 11.3 Å². The number of benzene rings is 2. The summed E-state index contributed by atoms with van der Waals surface area (Å²) in [5.41, 5.74) is 2.24. The lowest BCUT2D eigenvalue weighted by Crippen LogP contribution is -2.46. The van der Waals surface area contributed by atoms with Crippen molar-refractivity contribution in [2.75, 3.05) is 29.9 Å². The van der Waals surface area contributed by atoms with Crippen molar-refractivity contribution in [2.45, 2.75) is 6.04 Å². The van der Waals surface area contributed by atoms with E-state index in [9.17, 15) is 13.2 Å². The molecular weight excluding hydrogens is 392 g/mol. The predicted molar refractivity (Wildman–Crippen MR) is 107 cm³/mol. The number of sulfone groups is 1. The van der Waals surface area contributed by atoms with E-state index in [4.69, 9.17) is 0 Å². The van der Waals surface area contributed by atoms with Crippen molar-refractivity contribution in [1.82, 2.24) is 25.1 Å². The Bertz CT molecular complexity index is 1050. The van der Waals surface area contributed by atoms with Gasteiger partial charge in [0.1, 0.15) is 12.4 Å². The molecule has 1 aliphatic rings. The summed E-state index contributed by atoms with van der Waals surface area (Å²) in [7, 11) is -3.03. The second-order valence-electron chi connectivity index (χ2n) is 6.79. The van der Waals surface area contributed by atoms with Crippen LogP contribution < -0.4 is 5.32 Å². The fourth-order valence-electron chi connectivity index (χ4n) is 3.34. The van der Waals surface area contributed by atoms with E-state index in [1.54, 1.807) is 24.3 Å². The van der Waals surface area contributed by atoms with Gasteiger partial charge in [0.2, 0.25) is 5.91 Å². The first kappa shape index (κ1) is 19.2. The maximum absolute atomic E-state index is 13.1. The van der Waals surface area contributed by atoms with E-state index in [1.165, 1.54) is 11.0 Å². The fraction of sp³-hybridized carbons (Fsp3) is 0.263. The van der Waals surface area contributed by atoms with Crippen molar-refractivity contribution < 1.29 is 13.2 Å². The molecule has 1 amide bonds. The summed E-state index contributed by atoms with van der Waals surface area (Å²) >= 11 is 0. The first-order valence-electron chi connectivity index (χ1n) is 9.15. The van der Waals surface area contributed by atoms with Crippen LogP contribution in [0.4, 0.5) is 5.69 Å². The highest BCUT2D eigenvalue weighted by Gasteiger charge is 2.32. The first-order chi connectivity index (χ1) is 14.0. The number of amides is 1. The number of carbonyl (C=O) groups excluding carboxylic acids is 1. The topological polar surface area (TPSA) is 110 Å². The number of tetrazole rings is 1. The molecule has 1 N–H and O–H groups in total. The molecule has 0 aliphatic carbocycles. The van der Waals surface area contributed by atoms with Gasteiger partial charge in [-0.25, -0.2) is 13.1 Å². The Hall–Kier alpha value is -3.11. The third kappa shape index (κ3) is 4.49. The van der Waals surface area contributed by atoms with Gasteiger partial charge in [-0.05, 0) is 40.3 Å². The number of anilines is 1. The van der Waals surface area contributed by atoms with Crippen LogP contribution in [0.1, 0.15) is 11.6 Å². The Balaban J connectivity index is 1.54. The lowest BCUT2D eigenvalue weighted by atomic mass is 10.0. The Kier molecular flexibility index (Phi) is 5.36. The van der Waals surface area contributed by atoms with Gasteiger partial charge < -0.3 is 5.32 Å². The highest BCUT2D eigenvalue weighted by molar-refractivity contribution is 7.91. The van der Waals surface area contributed by atoms with Crippen LogP contribution in [0.5, 0.6) is 0 Å². The van der Waals surface area contributed by atoms with E-state index < -0.39 is 15.9 Å². The molecule has 4 rings (SSSR count). The minimum absolute atomic E-state index is 0.0598. The van der Waals surface area contributed by atoms with Gasteiger partial charge in [-0.3, -0.25) is 9.69 Å².